The number of rotatable bonds is 6. The molecule has 0 spiro atoms. The summed E-state index contributed by atoms with van der Waals surface area (Å²) in [5.74, 6) is -2.09. The van der Waals surface area contributed by atoms with E-state index in [2.05, 4.69) is 17.6 Å². The molecule has 0 unspecified atom stereocenters. The van der Waals surface area contributed by atoms with Gasteiger partial charge in [-0.2, -0.15) is 0 Å². The molecule has 0 aliphatic heterocycles. The average Bonchev–Trinajstić information content (AvgIpc) is 2.62. The Balaban J connectivity index is 1.76. The lowest BCUT2D eigenvalue weighted by Crippen LogP contribution is -2.46. The van der Waals surface area contributed by atoms with Crippen LogP contribution in [-0.4, -0.2) is 36.5 Å². The Morgan fingerprint density at radius 2 is 1.92 bits per heavy atom. The normalized spacial score (nSPS) is 20.7. The third-order valence-electron chi connectivity index (χ3n) is 4.63. The summed E-state index contributed by atoms with van der Waals surface area (Å²) in [7, 11) is 0. The van der Waals surface area contributed by atoms with Crippen LogP contribution in [0.3, 0.4) is 0 Å². The van der Waals surface area contributed by atoms with Crippen molar-refractivity contribution in [1.82, 2.24) is 10.6 Å². The molecule has 0 bridgehead atoms. The zero-order valence-electron chi connectivity index (χ0n) is 15.1. The van der Waals surface area contributed by atoms with Crippen LogP contribution in [0.5, 0.6) is 0 Å². The minimum Gasteiger partial charge on any atom is -0.451 e. The number of ether oxygens (including phenoxy) is 1. The average molecular weight is 364 g/mol. The summed E-state index contributed by atoms with van der Waals surface area (Å²) in [5, 5.41) is 5.21. The van der Waals surface area contributed by atoms with Gasteiger partial charge in [0.15, 0.2) is 6.10 Å². The zero-order chi connectivity index (χ0) is 19.1. The topological polar surface area (TPSA) is 84.5 Å². The molecule has 1 aliphatic carbocycles. The largest absolute Gasteiger partial charge is 0.451 e. The number of carbonyl (C=O) groups is 3. The van der Waals surface area contributed by atoms with Gasteiger partial charge in [-0.05, 0) is 37.8 Å². The lowest BCUT2D eigenvalue weighted by molar-refractivity contribution is -0.154. The van der Waals surface area contributed by atoms with Crippen molar-refractivity contribution < 1.29 is 23.5 Å². The predicted molar refractivity (Wildman–Crippen MR) is 93.8 cm³/mol. The van der Waals surface area contributed by atoms with Gasteiger partial charge in [-0.15, -0.1) is 0 Å². The monoisotopic (exact) mass is 364 g/mol. The van der Waals surface area contributed by atoms with Gasteiger partial charge in [0.1, 0.15) is 12.4 Å². The zero-order valence-corrected chi connectivity index (χ0v) is 15.1. The van der Waals surface area contributed by atoms with Crippen molar-refractivity contribution in [2.24, 2.45) is 5.92 Å². The first-order chi connectivity index (χ1) is 12.4. The van der Waals surface area contributed by atoms with Gasteiger partial charge in [0.2, 0.25) is 0 Å². The van der Waals surface area contributed by atoms with Gasteiger partial charge in [0.25, 0.3) is 11.8 Å². The third-order valence-corrected chi connectivity index (χ3v) is 4.63. The molecule has 1 saturated carbocycles. The number of hydrogen-bond donors (Lipinski definition) is 2. The summed E-state index contributed by atoms with van der Waals surface area (Å²) in [4.78, 5) is 35.8. The molecule has 1 aromatic rings. The fourth-order valence-electron chi connectivity index (χ4n) is 3.02. The molecule has 1 aromatic carbocycles. The van der Waals surface area contributed by atoms with Crippen molar-refractivity contribution in [2.45, 2.75) is 51.7 Å². The molecule has 6 nitrogen and oxygen atoms in total. The Morgan fingerprint density at radius 3 is 2.62 bits per heavy atom. The molecule has 1 aliphatic rings. The van der Waals surface area contributed by atoms with Crippen LogP contribution in [0.15, 0.2) is 24.3 Å². The molecule has 2 rings (SSSR count). The SMILES string of the molecule is C[C@@H]1CCCC[C@H]1NC(=O)[C@@H](C)OC(=O)CNC(=O)c1ccccc1F. The second-order valence-corrected chi connectivity index (χ2v) is 6.67. The quantitative estimate of drug-likeness (QED) is 0.758. The number of hydrogen-bond acceptors (Lipinski definition) is 4. The number of halogens is 1. The highest BCUT2D eigenvalue weighted by molar-refractivity contribution is 5.96. The maximum absolute atomic E-state index is 13.5. The van der Waals surface area contributed by atoms with Crippen LogP contribution < -0.4 is 10.6 Å². The highest BCUT2D eigenvalue weighted by atomic mass is 19.1. The van der Waals surface area contributed by atoms with E-state index in [-0.39, 0.29) is 17.5 Å². The number of amides is 2. The molecule has 0 heterocycles. The smallest absolute Gasteiger partial charge is 0.326 e. The molecular weight excluding hydrogens is 339 g/mol. The summed E-state index contributed by atoms with van der Waals surface area (Å²) in [6.45, 7) is 3.14. The summed E-state index contributed by atoms with van der Waals surface area (Å²) in [5.41, 5.74) is -0.155. The number of carbonyl (C=O) groups excluding carboxylic acids is 3. The van der Waals surface area contributed by atoms with E-state index in [0.29, 0.717) is 5.92 Å². The molecule has 0 aromatic heterocycles. The fourth-order valence-corrected chi connectivity index (χ4v) is 3.02. The molecule has 0 saturated heterocycles. The first-order valence-corrected chi connectivity index (χ1v) is 8.91. The minimum atomic E-state index is -0.956. The second kappa shape index (κ2) is 9.31. The number of nitrogens with one attached hydrogen (secondary N) is 2. The predicted octanol–water partition coefficient (Wildman–Crippen LogP) is 2.18. The van der Waals surface area contributed by atoms with E-state index < -0.39 is 30.3 Å². The van der Waals surface area contributed by atoms with Crippen LogP contribution in [0.1, 0.15) is 49.9 Å². The maximum atomic E-state index is 13.5. The van der Waals surface area contributed by atoms with Gasteiger partial charge in [0.05, 0.1) is 5.56 Å². The van der Waals surface area contributed by atoms with Gasteiger partial charge in [-0.25, -0.2) is 4.39 Å². The Hall–Kier alpha value is -2.44. The molecule has 7 heteroatoms. The van der Waals surface area contributed by atoms with Crippen LogP contribution in [0, 0.1) is 11.7 Å². The molecule has 1 fully saturated rings. The maximum Gasteiger partial charge on any atom is 0.326 e. The Labute approximate surface area is 152 Å². The molecular formula is C19H25FN2O4. The van der Waals surface area contributed by atoms with E-state index in [0.717, 1.165) is 25.3 Å². The number of esters is 1. The summed E-state index contributed by atoms with van der Waals surface area (Å²) >= 11 is 0. The van der Waals surface area contributed by atoms with Crippen molar-refractivity contribution in [2.75, 3.05) is 6.54 Å². The van der Waals surface area contributed by atoms with Crippen LogP contribution in [0.4, 0.5) is 4.39 Å². The summed E-state index contributed by atoms with van der Waals surface area (Å²) < 4.78 is 18.6. The third kappa shape index (κ3) is 5.54. The minimum absolute atomic E-state index is 0.0955. The van der Waals surface area contributed by atoms with Crippen molar-refractivity contribution in [1.29, 1.82) is 0 Å². The van der Waals surface area contributed by atoms with E-state index in [4.69, 9.17) is 4.74 Å². The lowest BCUT2D eigenvalue weighted by atomic mass is 9.86. The molecule has 2 amide bonds. The van der Waals surface area contributed by atoms with Crippen molar-refractivity contribution >= 4 is 17.8 Å². The Morgan fingerprint density at radius 1 is 1.23 bits per heavy atom. The molecule has 142 valence electrons. The van der Waals surface area contributed by atoms with Gasteiger partial charge in [-0.1, -0.05) is 31.9 Å². The van der Waals surface area contributed by atoms with Crippen molar-refractivity contribution in [3.05, 3.63) is 35.6 Å². The van der Waals surface area contributed by atoms with Crippen LogP contribution in [0.25, 0.3) is 0 Å². The summed E-state index contributed by atoms with van der Waals surface area (Å²) in [6.07, 6.45) is 3.28. The molecule has 2 N–H and O–H groups in total. The molecule has 0 radical (unpaired) electrons. The van der Waals surface area contributed by atoms with E-state index in [1.165, 1.54) is 31.5 Å². The highest BCUT2D eigenvalue weighted by Gasteiger charge is 2.26. The van der Waals surface area contributed by atoms with Crippen LogP contribution >= 0.6 is 0 Å². The fraction of sp³-hybridized carbons (Fsp3) is 0.526. The Kier molecular flexibility index (Phi) is 7.12. The van der Waals surface area contributed by atoms with Gasteiger partial charge >= 0.3 is 5.97 Å². The van der Waals surface area contributed by atoms with Gasteiger partial charge in [0, 0.05) is 6.04 Å². The van der Waals surface area contributed by atoms with E-state index in [1.54, 1.807) is 0 Å². The lowest BCUT2D eigenvalue weighted by Gasteiger charge is -2.30. The van der Waals surface area contributed by atoms with Crippen molar-refractivity contribution in [3.63, 3.8) is 0 Å². The van der Waals surface area contributed by atoms with Gasteiger partial charge < -0.3 is 15.4 Å². The van der Waals surface area contributed by atoms with E-state index >= 15 is 0 Å². The summed E-state index contributed by atoms with van der Waals surface area (Å²) in [6, 6.07) is 5.56. The van der Waals surface area contributed by atoms with Crippen molar-refractivity contribution in [3.8, 4) is 0 Å². The van der Waals surface area contributed by atoms with Crippen LogP contribution in [-0.2, 0) is 14.3 Å². The van der Waals surface area contributed by atoms with Gasteiger partial charge in [-0.3, -0.25) is 14.4 Å². The molecule has 26 heavy (non-hydrogen) atoms. The number of benzene rings is 1. The van der Waals surface area contributed by atoms with Crippen LogP contribution in [0.2, 0.25) is 0 Å². The highest BCUT2D eigenvalue weighted by Crippen LogP contribution is 2.23. The second-order valence-electron chi connectivity index (χ2n) is 6.67. The standard InChI is InChI=1S/C19H25FN2O4/c1-12-7-3-6-10-16(12)22-18(24)13(2)26-17(23)11-21-19(25)14-8-4-5-9-15(14)20/h4-5,8-9,12-13,16H,3,6-7,10-11H2,1-2H3,(H,21,25)(H,22,24)/t12-,13-,16-/m1/s1. The molecule has 3 atom stereocenters. The van der Waals surface area contributed by atoms with E-state index in [1.807, 2.05) is 0 Å². The van der Waals surface area contributed by atoms with E-state index in [9.17, 15) is 18.8 Å². The first-order valence-electron chi connectivity index (χ1n) is 8.91. The Bertz CT molecular complexity index is 665. The first kappa shape index (κ1) is 19.9.